The number of nitrogens with zero attached hydrogens (tertiary/aromatic N) is 1. The van der Waals surface area contributed by atoms with Crippen molar-refractivity contribution in [2.75, 3.05) is 13.1 Å². The molecule has 0 aliphatic carbocycles. The van der Waals surface area contributed by atoms with Crippen molar-refractivity contribution in [3.05, 3.63) is 22.4 Å². The van der Waals surface area contributed by atoms with Crippen molar-refractivity contribution < 1.29 is 14.3 Å². The van der Waals surface area contributed by atoms with E-state index in [1.807, 2.05) is 26.8 Å². The highest BCUT2D eigenvalue weighted by Gasteiger charge is 2.31. The van der Waals surface area contributed by atoms with E-state index in [9.17, 15) is 4.79 Å². The van der Waals surface area contributed by atoms with Crippen molar-refractivity contribution >= 4 is 17.4 Å². The molecule has 2 rings (SSSR count). The fourth-order valence-corrected chi connectivity index (χ4v) is 2.93. The van der Waals surface area contributed by atoms with E-state index >= 15 is 0 Å². The summed E-state index contributed by atoms with van der Waals surface area (Å²) in [5.41, 5.74) is -0.444. The number of hydrogen-bond donors (Lipinski definition) is 0. The first-order chi connectivity index (χ1) is 9.35. The van der Waals surface area contributed by atoms with Crippen molar-refractivity contribution in [3.63, 3.8) is 0 Å². The minimum Gasteiger partial charge on any atom is -0.444 e. The highest BCUT2D eigenvalue weighted by atomic mass is 32.1. The molecule has 1 saturated heterocycles. The van der Waals surface area contributed by atoms with Gasteiger partial charge in [-0.15, -0.1) is 11.3 Å². The van der Waals surface area contributed by atoms with Gasteiger partial charge in [-0.25, -0.2) is 4.79 Å². The standard InChI is InChI=1S/C15H23NO3S/c1-11(13-6-5-9-20-13)18-12-7-8-16(10-12)14(17)19-15(2,3)4/h5-6,9,11-12H,7-8,10H2,1-4H3/t11?,12-/m0/s1. The lowest BCUT2D eigenvalue weighted by Crippen LogP contribution is -2.36. The Hall–Kier alpha value is -1.07. The zero-order chi connectivity index (χ0) is 14.8. The molecule has 1 amide bonds. The first kappa shape index (κ1) is 15.3. The Labute approximate surface area is 124 Å². The summed E-state index contributed by atoms with van der Waals surface area (Å²) in [7, 11) is 0. The lowest BCUT2D eigenvalue weighted by molar-refractivity contribution is -0.00253. The molecule has 1 unspecified atom stereocenters. The van der Waals surface area contributed by atoms with Crippen molar-refractivity contribution in [2.45, 2.75) is 51.9 Å². The highest BCUT2D eigenvalue weighted by Crippen LogP contribution is 2.26. The fourth-order valence-electron chi connectivity index (χ4n) is 2.21. The average Bonchev–Trinajstić information content (AvgIpc) is 2.97. The summed E-state index contributed by atoms with van der Waals surface area (Å²) in [4.78, 5) is 14.9. The maximum absolute atomic E-state index is 12.0. The zero-order valence-corrected chi connectivity index (χ0v) is 13.4. The fraction of sp³-hybridized carbons (Fsp3) is 0.667. The minimum absolute atomic E-state index is 0.0820. The molecule has 0 spiro atoms. The minimum atomic E-state index is -0.444. The van der Waals surface area contributed by atoms with E-state index in [4.69, 9.17) is 9.47 Å². The third-order valence-corrected chi connectivity index (χ3v) is 4.17. The second-order valence-electron chi connectivity index (χ2n) is 6.13. The SMILES string of the molecule is CC(O[C@H]1CCN(C(=O)OC(C)(C)C)C1)c1cccs1. The van der Waals surface area contributed by atoms with Crippen molar-refractivity contribution in [1.29, 1.82) is 0 Å². The normalized spacial score (nSPS) is 21.0. The Morgan fingerprint density at radius 1 is 1.50 bits per heavy atom. The number of thiophene rings is 1. The number of carbonyl (C=O) groups is 1. The molecular weight excluding hydrogens is 274 g/mol. The van der Waals surface area contributed by atoms with Crippen LogP contribution in [0.4, 0.5) is 4.79 Å². The summed E-state index contributed by atoms with van der Waals surface area (Å²) < 4.78 is 11.4. The van der Waals surface area contributed by atoms with E-state index in [0.29, 0.717) is 13.1 Å². The van der Waals surface area contributed by atoms with Gasteiger partial charge in [0.1, 0.15) is 5.60 Å². The molecule has 2 heterocycles. The number of likely N-dealkylation sites (tertiary alicyclic amines) is 1. The van der Waals surface area contributed by atoms with Crippen LogP contribution in [-0.4, -0.2) is 35.8 Å². The molecule has 0 aromatic carbocycles. The molecule has 1 aliphatic heterocycles. The third-order valence-electron chi connectivity index (χ3n) is 3.14. The van der Waals surface area contributed by atoms with Crippen LogP contribution in [0.15, 0.2) is 17.5 Å². The molecule has 0 N–H and O–H groups in total. The van der Waals surface area contributed by atoms with E-state index in [-0.39, 0.29) is 18.3 Å². The smallest absolute Gasteiger partial charge is 0.410 e. The molecule has 1 aromatic heterocycles. The van der Waals surface area contributed by atoms with Gasteiger partial charge in [-0.2, -0.15) is 0 Å². The van der Waals surface area contributed by atoms with E-state index < -0.39 is 5.60 Å². The first-order valence-electron chi connectivity index (χ1n) is 7.02. The lowest BCUT2D eigenvalue weighted by Gasteiger charge is -2.24. The van der Waals surface area contributed by atoms with Crippen molar-refractivity contribution in [2.24, 2.45) is 0 Å². The zero-order valence-electron chi connectivity index (χ0n) is 12.6. The Bertz CT molecular complexity index is 438. The summed E-state index contributed by atoms with van der Waals surface area (Å²) in [6.07, 6.45) is 0.806. The van der Waals surface area contributed by atoms with Gasteiger partial charge in [-0.05, 0) is 45.6 Å². The van der Waals surface area contributed by atoms with Gasteiger partial charge >= 0.3 is 6.09 Å². The molecule has 1 aliphatic rings. The average molecular weight is 297 g/mol. The van der Waals surface area contributed by atoms with Crippen LogP contribution >= 0.6 is 11.3 Å². The van der Waals surface area contributed by atoms with E-state index in [1.165, 1.54) is 4.88 Å². The third kappa shape index (κ3) is 4.21. The summed E-state index contributed by atoms with van der Waals surface area (Å²) in [5.74, 6) is 0. The monoisotopic (exact) mass is 297 g/mol. The predicted octanol–water partition coefficient (Wildman–Crippen LogP) is 3.84. The lowest BCUT2D eigenvalue weighted by atomic mass is 10.2. The molecule has 4 nitrogen and oxygen atoms in total. The van der Waals surface area contributed by atoms with Crippen molar-refractivity contribution in [3.8, 4) is 0 Å². The Balaban J connectivity index is 1.82. The van der Waals surface area contributed by atoms with Gasteiger partial charge in [0, 0.05) is 11.4 Å². The largest absolute Gasteiger partial charge is 0.444 e. The summed E-state index contributed by atoms with van der Waals surface area (Å²) in [6.45, 7) is 9.03. The summed E-state index contributed by atoms with van der Waals surface area (Å²) in [6, 6.07) is 4.11. The Morgan fingerprint density at radius 3 is 2.85 bits per heavy atom. The van der Waals surface area contributed by atoms with Gasteiger partial charge in [-0.3, -0.25) is 0 Å². The molecule has 20 heavy (non-hydrogen) atoms. The predicted molar refractivity (Wildman–Crippen MR) is 80.0 cm³/mol. The second-order valence-corrected chi connectivity index (χ2v) is 7.11. The first-order valence-corrected chi connectivity index (χ1v) is 7.90. The number of rotatable bonds is 3. The molecule has 0 bridgehead atoms. The molecule has 1 fully saturated rings. The van der Waals surface area contributed by atoms with E-state index in [1.54, 1.807) is 16.2 Å². The van der Waals surface area contributed by atoms with E-state index in [0.717, 1.165) is 6.42 Å². The highest BCUT2D eigenvalue weighted by molar-refractivity contribution is 7.10. The van der Waals surface area contributed by atoms with Crippen LogP contribution in [0, 0.1) is 0 Å². The van der Waals surface area contributed by atoms with Gasteiger partial charge < -0.3 is 14.4 Å². The van der Waals surface area contributed by atoms with Crippen LogP contribution in [0.5, 0.6) is 0 Å². The van der Waals surface area contributed by atoms with Crippen LogP contribution in [0.1, 0.15) is 45.1 Å². The van der Waals surface area contributed by atoms with E-state index in [2.05, 4.69) is 18.4 Å². The van der Waals surface area contributed by atoms with Crippen LogP contribution in [0.25, 0.3) is 0 Å². The molecule has 1 aromatic rings. The molecule has 2 atom stereocenters. The maximum atomic E-state index is 12.0. The van der Waals surface area contributed by atoms with Crippen LogP contribution < -0.4 is 0 Å². The molecular formula is C15H23NO3S. The number of ether oxygens (including phenoxy) is 2. The van der Waals surface area contributed by atoms with Gasteiger partial charge in [0.15, 0.2) is 0 Å². The van der Waals surface area contributed by atoms with Crippen LogP contribution in [-0.2, 0) is 9.47 Å². The van der Waals surface area contributed by atoms with Gasteiger partial charge in [0.05, 0.1) is 18.8 Å². The molecule has 0 radical (unpaired) electrons. The number of amides is 1. The maximum Gasteiger partial charge on any atom is 0.410 e. The quantitative estimate of drug-likeness (QED) is 0.851. The number of carbonyl (C=O) groups excluding carboxylic acids is 1. The Morgan fingerprint density at radius 2 is 2.25 bits per heavy atom. The van der Waals surface area contributed by atoms with Crippen molar-refractivity contribution in [1.82, 2.24) is 4.90 Å². The van der Waals surface area contributed by atoms with Gasteiger partial charge in [-0.1, -0.05) is 6.07 Å². The topological polar surface area (TPSA) is 38.8 Å². The van der Waals surface area contributed by atoms with Gasteiger partial charge in [0.2, 0.25) is 0 Å². The summed E-state index contributed by atoms with van der Waals surface area (Å²) in [5, 5.41) is 2.05. The second kappa shape index (κ2) is 6.14. The molecule has 5 heteroatoms. The van der Waals surface area contributed by atoms with Crippen LogP contribution in [0.3, 0.4) is 0 Å². The number of hydrogen-bond acceptors (Lipinski definition) is 4. The van der Waals surface area contributed by atoms with Gasteiger partial charge in [0.25, 0.3) is 0 Å². The molecule has 112 valence electrons. The molecule has 0 saturated carbocycles. The summed E-state index contributed by atoms with van der Waals surface area (Å²) >= 11 is 1.70. The Kier molecular flexibility index (Phi) is 4.70. The van der Waals surface area contributed by atoms with Crippen LogP contribution in [0.2, 0.25) is 0 Å².